The van der Waals surface area contributed by atoms with Crippen LogP contribution in [-0.4, -0.2) is 31.6 Å². The number of epoxide rings is 1. The highest BCUT2D eigenvalue weighted by atomic mass is 31.2. The SMILES string of the molecule is CCCCP(=O)(CCCC)OCC1CO1. The number of ether oxygens (including phenoxy) is 1. The Morgan fingerprint density at radius 1 is 1.27 bits per heavy atom. The summed E-state index contributed by atoms with van der Waals surface area (Å²) in [4.78, 5) is 0. The third-order valence-corrected chi connectivity index (χ3v) is 5.22. The second kappa shape index (κ2) is 6.67. The van der Waals surface area contributed by atoms with Crippen molar-refractivity contribution >= 4 is 7.37 Å². The molecule has 1 heterocycles. The summed E-state index contributed by atoms with van der Waals surface area (Å²) in [6.07, 6.45) is 5.89. The van der Waals surface area contributed by atoms with Gasteiger partial charge in [0.2, 0.25) is 7.37 Å². The van der Waals surface area contributed by atoms with E-state index >= 15 is 0 Å². The lowest BCUT2D eigenvalue weighted by Gasteiger charge is -2.17. The van der Waals surface area contributed by atoms with E-state index in [1.54, 1.807) is 0 Å². The van der Waals surface area contributed by atoms with Crippen LogP contribution in [0.25, 0.3) is 0 Å². The summed E-state index contributed by atoms with van der Waals surface area (Å²) >= 11 is 0. The van der Waals surface area contributed by atoms with E-state index in [1.165, 1.54) is 0 Å². The van der Waals surface area contributed by atoms with Gasteiger partial charge in [0.05, 0.1) is 13.2 Å². The summed E-state index contributed by atoms with van der Waals surface area (Å²) in [5.41, 5.74) is 0. The molecule has 90 valence electrons. The van der Waals surface area contributed by atoms with E-state index in [1.807, 2.05) is 0 Å². The van der Waals surface area contributed by atoms with E-state index in [9.17, 15) is 4.57 Å². The highest BCUT2D eigenvalue weighted by Crippen LogP contribution is 2.49. The predicted molar refractivity (Wildman–Crippen MR) is 62.8 cm³/mol. The maximum atomic E-state index is 12.4. The Kier molecular flexibility index (Phi) is 5.88. The lowest BCUT2D eigenvalue weighted by Crippen LogP contribution is -2.05. The number of rotatable bonds is 9. The van der Waals surface area contributed by atoms with Crippen molar-refractivity contribution in [3.05, 3.63) is 0 Å². The molecule has 1 aliphatic heterocycles. The predicted octanol–water partition coefficient (Wildman–Crippen LogP) is 3.28. The molecule has 15 heavy (non-hydrogen) atoms. The summed E-state index contributed by atoms with van der Waals surface area (Å²) in [5, 5.41) is 0. The van der Waals surface area contributed by atoms with Crippen LogP contribution in [0.1, 0.15) is 39.5 Å². The minimum absolute atomic E-state index is 0.224. The van der Waals surface area contributed by atoms with Crippen LogP contribution in [0.5, 0.6) is 0 Å². The summed E-state index contributed by atoms with van der Waals surface area (Å²) in [5.74, 6) is 0. The zero-order chi connectivity index (χ0) is 11.1. The van der Waals surface area contributed by atoms with Crippen LogP contribution in [0.2, 0.25) is 0 Å². The van der Waals surface area contributed by atoms with Gasteiger partial charge in [0.15, 0.2) is 0 Å². The number of hydrogen-bond donors (Lipinski definition) is 0. The molecule has 1 rings (SSSR count). The lowest BCUT2D eigenvalue weighted by atomic mass is 10.4. The largest absolute Gasteiger partial charge is 0.371 e. The Bertz CT molecular complexity index is 202. The van der Waals surface area contributed by atoms with Gasteiger partial charge < -0.3 is 9.26 Å². The quantitative estimate of drug-likeness (QED) is 0.454. The third-order valence-electron chi connectivity index (χ3n) is 2.60. The summed E-state index contributed by atoms with van der Waals surface area (Å²) in [6, 6.07) is 0. The Hall–Kier alpha value is 0.150. The van der Waals surface area contributed by atoms with Gasteiger partial charge in [-0.2, -0.15) is 0 Å². The maximum absolute atomic E-state index is 12.4. The second-order valence-electron chi connectivity index (χ2n) is 4.22. The van der Waals surface area contributed by atoms with Gasteiger partial charge in [-0.15, -0.1) is 0 Å². The molecule has 0 bridgehead atoms. The van der Waals surface area contributed by atoms with Crippen molar-refractivity contribution < 1.29 is 13.8 Å². The first kappa shape index (κ1) is 13.2. The maximum Gasteiger partial charge on any atom is 0.203 e. The van der Waals surface area contributed by atoms with E-state index in [-0.39, 0.29) is 6.10 Å². The highest BCUT2D eigenvalue weighted by molar-refractivity contribution is 7.58. The minimum atomic E-state index is -2.35. The van der Waals surface area contributed by atoms with Gasteiger partial charge in [0, 0.05) is 12.3 Å². The zero-order valence-electron chi connectivity index (χ0n) is 9.91. The molecule has 0 saturated carbocycles. The van der Waals surface area contributed by atoms with Crippen LogP contribution in [0.4, 0.5) is 0 Å². The van der Waals surface area contributed by atoms with Crippen molar-refractivity contribution in [1.29, 1.82) is 0 Å². The monoisotopic (exact) mass is 234 g/mol. The van der Waals surface area contributed by atoms with Gasteiger partial charge in [-0.1, -0.05) is 26.7 Å². The van der Waals surface area contributed by atoms with Crippen molar-refractivity contribution in [2.75, 3.05) is 25.5 Å². The smallest absolute Gasteiger partial charge is 0.203 e. The molecular formula is C11H23O3P. The van der Waals surface area contributed by atoms with Crippen LogP contribution in [-0.2, 0) is 13.8 Å². The van der Waals surface area contributed by atoms with Crippen LogP contribution in [0, 0.1) is 0 Å². The van der Waals surface area contributed by atoms with E-state index in [0.717, 1.165) is 44.6 Å². The molecule has 4 heteroatoms. The molecule has 0 aromatic carbocycles. The Labute approximate surface area is 93.0 Å². The molecule has 0 spiro atoms. The van der Waals surface area contributed by atoms with Crippen molar-refractivity contribution in [2.24, 2.45) is 0 Å². The molecule has 1 unspecified atom stereocenters. The Balaban J connectivity index is 2.30. The molecule has 0 radical (unpaired) electrons. The van der Waals surface area contributed by atoms with E-state index in [4.69, 9.17) is 9.26 Å². The van der Waals surface area contributed by atoms with Crippen molar-refractivity contribution in [3.8, 4) is 0 Å². The molecule has 1 atom stereocenters. The molecule has 1 fully saturated rings. The molecule has 0 aromatic rings. The first-order valence-electron chi connectivity index (χ1n) is 6.04. The minimum Gasteiger partial charge on any atom is -0.371 e. The van der Waals surface area contributed by atoms with Crippen LogP contribution < -0.4 is 0 Å². The normalized spacial score (nSPS) is 20.5. The van der Waals surface area contributed by atoms with Gasteiger partial charge >= 0.3 is 0 Å². The van der Waals surface area contributed by atoms with Gasteiger partial charge in [-0.3, -0.25) is 4.57 Å². The van der Waals surface area contributed by atoms with E-state index in [0.29, 0.717) is 6.61 Å². The molecule has 1 aliphatic rings. The summed E-state index contributed by atoms with van der Waals surface area (Å²) < 4.78 is 23.0. The fourth-order valence-electron chi connectivity index (χ4n) is 1.42. The Morgan fingerprint density at radius 3 is 2.20 bits per heavy atom. The first-order valence-corrected chi connectivity index (χ1v) is 8.04. The molecular weight excluding hydrogens is 211 g/mol. The fraction of sp³-hybridized carbons (Fsp3) is 1.00. The lowest BCUT2D eigenvalue weighted by molar-refractivity contribution is 0.262. The van der Waals surface area contributed by atoms with Crippen molar-refractivity contribution in [2.45, 2.75) is 45.6 Å². The topological polar surface area (TPSA) is 38.8 Å². The zero-order valence-corrected chi connectivity index (χ0v) is 10.8. The second-order valence-corrected chi connectivity index (χ2v) is 7.00. The molecule has 0 amide bonds. The van der Waals surface area contributed by atoms with Crippen LogP contribution in [0.3, 0.4) is 0 Å². The van der Waals surface area contributed by atoms with Gasteiger partial charge in [-0.05, 0) is 12.8 Å². The van der Waals surface area contributed by atoms with Gasteiger partial charge in [-0.25, -0.2) is 0 Å². The van der Waals surface area contributed by atoms with E-state index < -0.39 is 7.37 Å². The van der Waals surface area contributed by atoms with Gasteiger partial charge in [0.25, 0.3) is 0 Å². The van der Waals surface area contributed by atoms with Crippen molar-refractivity contribution in [3.63, 3.8) is 0 Å². The third kappa shape index (κ3) is 5.70. The van der Waals surface area contributed by atoms with E-state index in [2.05, 4.69) is 13.8 Å². The van der Waals surface area contributed by atoms with Crippen molar-refractivity contribution in [1.82, 2.24) is 0 Å². The summed E-state index contributed by atoms with van der Waals surface area (Å²) in [7, 11) is -2.35. The first-order chi connectivity index (χ1) is 7.20. The average Bonchev–Trinajstić information content (AvgIpc) is 3.05. The molecule has 3 nitrogen and oxygen atoms in total. The molecule has 0 aromatic heterocycles. The standard InChI is InChI=1S/C11H23O3P/c1-3-5-7-15(12,8-6-4-2)14-10-11-9-13-11/h11H,3-10H2,1-2H3. The van der Waals surface area contributed by atoms with Crippen LogP contribution in [0.15, 0.2) is 0 Å². The number of hydrogen-bond acceptors (Lipinski definition) is 3. The molecule has 1 saturated heterocycles. The average molecular weight is 234 g/mol. The summed E-state index contributed by atoms with van der Waals surface area (Å²) in [6.45, 7) is 5.55. The fourth-order valence-corrected chi connectivity index (χ4v) is 3.94. The Morgan fingerprint density at radius 2 is 1.80 bits per heavy atom. The molecule has 0 N–H and O–H groups in total. The highest BCUT2D eigenvalue weighted by Gasteiger charge is 2.28. The molecule has 0 aliphatic carbocycles. The van der Waals surface area contributed by atoms with Crippen LogP contribution >= 0.6 is 7.37 Å². The number of unbranched alkanes of at least 4 members (excludes halogenated alkanes) is 2. The van der Waals surface area contributed by atoms with Gasteiger partial charge in [0.1, 0.15) is 6.10 Å².